The van der Waals surface area contributed by atoms with Crippen LogP contribution in [0.1, 0.15) is 24.2 Å². The summed E-state index contributed by atoms with van der Waals surface area (Å²) >= 11 is 0. The van der Waals surface area contributed by atoms with Crippen LogP contribution in [0.2, 0.25) is 0 Å². The maximum absolute atomic E-state index is 12.4. The molecule has 1 heterocycles. The number of hydrogen-bond donors (Lipinski definition) is 1. The lowest BCUT2D eigenvalue weighted by Gasteiger charge is -2.16. The van der Waals surface area contributed by atoms with Crippen molar-refractivity contribution < 1.29 is 18.3 Å². The van der Waals surface area contributed by atoms with Gasteiger partial charge in [0.15, 0.2) is 0 Å². The molecule has 0 bridgehead atoms. The highest BCUT2D eigenvalue weighted by atomic mass is 32.2. The van der Waals surface area contributed by atoms with Gasteiger partial charge in [-0.2, -0.15) is 5.10 Å². The van der Waals surface area contributed by atoms with Crippen LogP contribution in [0.3, 0.4) is 0 Å². The SMILES string of the molecule is Cc1nn(C)c(C)c1S(=O)(=O)N(C)CCCC(=O)O. The van der Waals surface area contributed by atoms with Crippen LogP contribution >= 0.6 is 0 Å². The third-order valence-corrected chi connectivity index (χ3v) is 5.08. The molecule has 0 unspecified atom stereocenters. The number of carbonyl (C=O) groups is 1. The minimum Gasteiger partial charge on any atom is -0.481 e. The Kier molecular flexibility index (Phi) is 4.70. The average molecular weight is 289 g/mol. The number of carboxylic acid groups (broad SMARTS) is 1. The molecule has 7 nitrogen and oxygen atoms in total. The molecule has 108 valence electrons. The van der Waals surface area contributed by atoms with E-state index < -0.39 is 16.0 Å². The summed E-state index contributed by atoms with van der Waals surface area (Å²) < 4.78 is 27.5. The molecule has 0 aliphatic carbocycles. The minimum absolute atomic E-state index is 0.0507. The van der Waals surface area contributed by atoms with Gasteiger partial charge in [-0.15, -0.1) is 0 Å². The Morgan fingerprint density at radius 1 is 1.42 bits per heavy atom. The van der Waals surface area contributed by atoms with E-state index in [1.807, 2.05) is 0 Å². The van der Waals surface area contributed by atoms with Crippen LogP contribution in [0.5, 0.6) is 0 Å². The van der Waals surface area contributed by atoms with Crippen LogP contribution in [0.15, 0.2) is 4.90 Å². The van der Waals surface area contributed by atoms with E-state index in [0.29, 0.717) is 11.4 Å². The summed E-state index contributed by atoms with van der Waals surface area (Å²) in [6.07, 6.45) is 0.230. The molecule has 0 aromatic carbocycles. The fraction of sp³-hybridized carbons (Fsp3) is 0.636. The van der Waals surface area contributed by atoms with E-state index in [2.05, 4.69) is 5.10 Å². The molecule has 0 spiro atoms. The topological polar surface area (TPSA) is 92.5 Å². The van der Waals surface area contributed by atoms with Crippen molar-refractivity contribution in [2.45, 2.75) is 31.6 Å². The van der Waals surface area contributed by atoms with Gasteiger partial charge in [0.05, 0.1) is 11.4 Å². The lowest BCUT2D eigenvalue weighted by molar-refractivity contribution is -0.137. The summed E-state index contributed by atoms with van der Waals surface area (Å²) in [7, 11) is -0.487. The Labute approximate surface area is 112 Å². The fourth-order valence-electron chi connectivity index (χ4n) is 1.86. The zero-order valence-corrected chi connectivity index (χ0v) is 12.4. The molecule has 0 amide bonds. The van der Waals surface area contributed by atoms with E-state index in [-0.39, 0.29) is 24.3 Å². The van der Waals surface area contributed by atoms with E-state index in [4.69, 9.17) is 5.11 Å². The second-order valence-electron chi connectivity index (χ2n) is 4.45. The Hall–Kier alpha value is -1.41. The predicted octanol–water partition coefficient (Wildman–Crippen LogP) is 0.522. The average Bonchev–Trinajstić information content (AvgIpc) is 2.52. The third-order valence-electron chi connectivity index (χ3n) is 2.97. The van der Waals surface area contributed by atoms with Crippen LogP contribution in [0.4, 0.5) is 0 Å². The van der Waals surface area contributed by atoms with Gasteiger partial charge in [0, 0.05) is 27.1 Å². The molecule has 0 radical (unpaired) electrons. The lowest BCUT2D eigenvalue weighted by atomic mass is 10.3. The van der Waals surface area contributed by atoms with E-state index in [0.717, 1.165) is 0 Å². The summed E-state index contributed by atoms with van der Waals surface area (Å²) in [6.45, 7) is 3.51. The number of rotatable bonds is 6. The number of aliphatic carboxylic acids is 1. The smallest absolute Gasteiger partial charge is 0.303 e. The van der Waals surface area contributed by atoms with Crippen molar-refractivity contribution >= 4 is 16.0 Å². The normalized spacial score (nSPS) is 12.1. The third kappa shape index (κ3) is 3.32. The zero-order chi connectivity index (χ0) is 14.8. The van der Waals surface area contributed by atoms with Gasteiger partial charge in [0.25, 0.3) is 0 Å². The first-order chi connectivity index (χ1) is 8.67. The lowest BCUT2D eigenvalue weighted by Crippen LogP contribution is -2.29. The summed E-state index contributed by atoms with van der Waals surface area (Å²) in [5, 5.41) is 12.6. The number of nitrogens with zero attached hydrogens (tertiary/aromatic N) is 3. The minimum atomic E-state index is -3.62. The molecule has 0 atom stereocenters. The van der Waals surface area contributed by atoms with Gasteiger partial charge in [-0.3, -0.25) is 9.48 Å². The largest absolute Gasteiger partial charge is 0.481 e. The molecule has 1 aromatic rings. The van der Waals surface area contributed by atoms with Gasteiger partial charge in [0.1, 0.15) is 4.90 Å². The molecule has 0 fully saturated rings. The number of carboxylic acids is 1. The standard InChI is InChI=1S/C11H19N3O4S/c1-8-11(9(2)14(4)12-8)19(17,18)13(3)7-5-6-10(15)16/h5-7H2,1-4H3,(H,15,16). The number of sulfonamides is 1. The first-order valence-electron chi connectivity index (χ1n) is 5.86. The Morgan fingerprint density at radius 3 is 2.42 bits per heavy atom. The molecule has 0 aliphatic heterocycles. The first kappa shape index (κ1) is 15.6. The Balaban J connectivity index is 2.94. The van der Waals surface area contributed by atoms with Crippen LogP contribution in [0.25, 0.3) is 0 Å². The molecule has 1 aromatic heterocycles. The summed E-state index contributed by atoms with van der Waals surface area (Å²) in [5.74, 6) is -0.931. The van der Waals surface area contributed by atoms with Crippen LogP contribution in [0, 0.1) is 13.8 Å². The van der Waals surface area contributed by atoms with E-state index >= 15 is 0 Å². The molecule has 1 N–H and O–H groups in total. The van der Waals surface area contributed by atoms with Gasteiger partial charge in [0.2, 0.25) is 10.0 Å². The predicted molar refractivity (Wildman–Crippen MR) is 69.4 cm³/mol. The second kappa shape index (κ2) is 5.70. The Bertz CT molecular complexity index is 577. The summed E-state index contributed by atoms with van der Waals surface area (Å²) in [5.41, 5.74) is 1.02. The summed E-state index contributed by atoms with van der Waals surface area (Å²) in [4.78, 5) is 10.6. The van der Waals surface area contributed by atoms with Crippen LogP contribution in [-0.2, 0) is 21.9 Å². The first-order valence-corrected chi connectivity index (χ1v) is 7.30. The molecule has 0 aliphatic rings. The van der Waals surface area contributed by atoms with Gasteiger partial charge in [-0.05, 0) is 20.3 Å². The van der Waals surface area contributed by atoms with Crippen molar-refractivity contribution in [2.75, 3.05) is 13.6 Å². The fourth-order valence-corrected chi connectivity index (χ4v) is 3.46. The van der Waals surface area contributed by atoms with Gasteiger partial charge < -0.3 is 5.11 Å². The monoisotopic (exact) mass is 289 g/mol. The highest BCUT2D eigenvalue weighted by Crippen LogP contribution is 2.22. The van der Waals surface area contributed by atoms with Gasteiger partial charge in [-0.1, -0.05) is 0 Å². The van der Waals surface area contributed by atoms with Crippen molar-refractivity contribution in [1.82, 2.24) is 14.1 Å². The van der Waals surface area contributed by atoms with Crippen molar-refractivity contribution in [3.8, 4) is 0 Å². The highest BCUT2D eigenvalue weighted by Gasteiger charge is 2.27. The van der Waals surface area contributed by atoms with E-state index in [9.17, 15) is 13.2 Å². The van der Waals surface area contributed by atoms with E-state index in [1.54, 1.807) is 20.9 Å². The zero-order valence-electron chi connectivity index (χ0n) is 11.5. The van der Waals surface area contributed by atoms with Crippen molar-refractivity contribution in [2.24, 2.45) is 7.05 Å². The second-order valence-corrected chi connectivity index (χ2v) is 6.43. The molecule has 1 rings (SSSR count). The van der Waals surface area contributed by atoms with E-state index in [1.165, 1.54) is 16.0 Å². The molecule has 0 saturated carbocycles. The summed E-state index contributed by atoms with van der Waals surface area (Å²) in [6, 6.07) is 0. The number of aromatic nitrogens is 2. The molecule has 0 saturated heterocycles. The van der Waals surface area contributed by atoms with Crippen molar-refractivity contribution in [3.63, 3.8) is 0 Å². The van der Waals surface area contributed by atoms with Crippen LogP contribution in [-0.4, -0.2) is 47.2 Å². The van der Waals surface area contributed by atoms with Gasteiger partial charge in [-0.25, -0.2) is 12.7 Å². The molecular weight excluding hydrogens is 270 g/mol. The maximum Gasteiger partial charge on any atom is 0.303 e. The molecular formula is C11H19N3O4S. The van der Waals surface area contributed by atoms with Gasteiger partial charge >= 0.3 is 5.97 Å². The molecule has 8 heteroatoms. The number of aryl methyl sites for hydroxylation is 2. The van der Waals surface area contributed by atoms with Crippen molar-refractivity contribution in [3.05, 3.63) is 11.4 Å². The molecule has 19 heavy (non-hydrogen) atoms. The van der Waals surface area contributed by atoms with Crippen LogP contribution < -0.4 is 0 Å². The highest BCUT2D eigenvalue weighted by molar-refractivity contribution is 7.89. The van der Waals surface area contributed by atoms with Crippen molar-refractivity contribution in [1.29, 1.82) is 0 Å². The maximum atomic E-state index is 12.4. The quantitative estimate of drug-likeness (QED) is 0.824. The number of hydrogen-bond acceptors (Lipinski definition) is 4. The Morgan fingerprint density at radius 2 is 2.00 bits per heavy atom.